The lowest BCUT2D eigenvalue weighted by atomic mass is 9.82. The van der Waals surface area contributed by atoms with Gasteiger partial charge in [0.15, 0.2) is 5.78 Å². The molecule has 9 heteroatoms. The molecule has 0 aromatic heterocycles. The number of hydrazone groups is 1. The van der Waals surface area contributed by atoms with E-state index in [9.17, 15) is 24.5 Å². The molecule has 0 bridgehead atoms. The first kappa shape index (κ1) is 21.2. The molecule has 34 heavy (non-hydrogen) atoms. The highest BCUT2D eigenvalue weighted by Gasteiger charge is 2.56. The Kier molecular flexibility index (Phi) is 5.21. The van der Waals surface area contributed by atoms with Crippen molar-refractivity contribution in [1.29, 1.82) is 0 Å². The van der Waals surface area contributed by atoms with E-state index >= 15 is 0 Å². The van der Waals surface area contributed by atoms with E-state index in [1.807, 2.05) is 60.7 Å². The zero-order valence-electron chi connectivity index (χ0n) is 17.7. The fraction of sp³-hybridized carbons (Fsp3) is 0.120. The molecule has 2 aliphatic rings. The van der Waals surface area contributed by atoms with Gasteiger partial charge in [-0.15, -0.1) is 0 Å². The van der Waals surface area contributed by atoms with E-state index in [4.69, 9.17) is 0 Å². The summed E-state index contributed by atoms with van der Waals surface area (Å²) < 4.78 is 0. The fourth-order valence-electron chi connectivity index (χ4n) is 4.41. The number of rotatable bonds is 6. The monoisotopic (exact) mass is 454 g/mol. The molecule has 0 aliphatic carbocycles. The van der Waals surface area contributed by atoms with Crippen LogP contribution in [0, 0.1) is 16.0 Å². The highest BCUT2D eigenvalue weighted by molar-refractivity contribution is 6.50. The number of imide groups is 1. The number of amides is 2. The van der Waals surface area contributed by atoms with Crippen molar-refractivity contribution >= 4 is 34.7 Å². The van der Waals surface area contributed by atoms with Crippen LogP contribution in [0.4, 0.5) is 11.4 Å². The SMILES string of the molecule is O=C(C1=NNC2C(=O)N(c3ccc([N+](=O)[O-])cc3)C(=O)C12)C(c1ccccc1)c1ccccc1. The minimum atomic E-state index is -1.08. The number of nitrogens with zero attached hydrogens (tertiary/aromatic N) is 3. The summed E-state index contributed by atoms with van der Waals surface area (Å²) in [7, 11) is 0. The van der Waals surface area contributed by atoms with Crippen molar-refractivity contribution in [2.45, 2.75) is 12.0 Å². The standard InChI is InChI=1S/C25H18N4O5/c30-23(19(15-7-3-1-4-8-15)16-9-5-2-6-10-16)21-20-22(27-26-21)25(32)28(24(20)31)17-11-13-18(14-12-17)29(33)34/h1-14,19-20,22,27H. The molecular formula is C25H18N4O5. The molecule has 2 amide bonds. The number of non-ortho nitro benzene ring substituents is 1. The summed E-state index contributed by atoms with van der Waals surface area (Å²) in [6, 6.07) is 22.5. The average molecular weight is 454 g/mol. The third kappa shape index (κ3) is 3.43. The second-order valence-electron chi connectivity index (χ2n) is 7.99. The Labute approximate surface area is 193 Å². The van der Waals surface area contributed by atoms with Crippen LogP contribution in [0.5, 0.6) is 0 Å². The Morgan fingerprint density at radius 3 is 1.97 bits per heavy atom. The normalized spacial score (nSPS) is 19.1. The first-order valence-electron chi connectivity index (χ1n) is 10.6. The van der Waals surface area contributed by atoms with Crippen LogP contribution in [-0.2, 0) is 14.4 Å². The Hall–Kier alpha value is -4.66. The number of carbonyl (C=O) groups is 3. The van der Waals surface area contributed by atoms with Gasteiger partial charge in [0.25, 0.3) is 11.6 Å². The van der Waals surface area contributed by atoms with Crippen molar-refractivity contribution in [2.75, 3.05) is 4.90 Å². The molecule has 1 fully saturated rings. The summed E-state index contributed by atoms with van der Waals surface area (Å²) in [5.74, 6) is -3.31. The lowest BCUT2D eigenvalue weighted by Crippen LogP contribution is -2.36. The minimum absolute atomic E-state index is 0.00883. The van der Waals surface area contributed by atoms with Gasteiger partial charge >= 0.3 is 0 Å². The predicted octanol–water partition coefficient (Wildman–Crippen LogP) is 2.81. The average Bonchev–Trinajstić information content (AvgIpc) is 3.40. The van der Waals surface area contributed by atoms with E-state index in [2.05, 4.69) is 10.5 Å². The molecule has 0 saturated carbocycles. The number of Topliss-reactive ketones (excluding diaryl/α,β-unsaturated/α-hetero) is 1. The van der Waals surface area contributed by atoms with E-state index in [-0.39, 0.29) is 22.9 Å². The highest BCUT2D eigenvalue weighted by Crippen LogP contribution is 2.35. The number of hydrogen-bond acceptors (Lipinski definition) is 7. The number of nitro groups is 1. The molecule has 2 heterocycles. The first-order chi connectivity index (χ1) is 16.5. The molecule has 2 atom stereocenters. The molecule has 3 aromatic rings. The van der Waals surface area contributed by atoms with Crippen molar-refractivity contribution in [3.8, 4) is 0 Å². The number of carbonyl (C=O) groups excluding carboxylic acids is 3. The van der Waals surface area contributed by atoms with E-state index < -0.39 is 34.6 Å². The quantitative estimate of drug-likeness (QED) is 0.347. The highest BCUT2D eigenvalue weighted by atomic mass is 16.6. The fourth-order valence-corrected chi connectivity index (χ4v) is 4.41. The van der Waals surface area contributed by atoms with Gasteiger partial charge in [0.1, 0.15) is 17.7 Å². The van der Waals surface area contributed by atoms with E-state index in [0.717, 1.165) is 16.0 Å². The van der Waals surface area contributed by atoms with Crippen LogP contribution >= 0.6 is 0 Å². The maximum Gasteiger partial charge on any atom is 0.269 e. The van der Waals surface area contributed by atoms with E-state index in [0.29, 0.717) is 0 Å². The summed E-state index contributed by atoms with van der Waals surface area (Å²) in [5.41, 5.74) is 4.18. The van der Waals surface area contributed by atoms with Gasteiger partial charge < -0.3 is 0 Å². The second-order valence-corrected chi connectivity index (χ2v) is 7.99. The molecule has 2 aliphatic heterocycles. The molecule has 9 nitrogen and oxygen atoms in total. The Balaban J connectivity index is 1.48. The van der Waals surface area contributed by atoms with Crippen molar-refractivity contribution in [1.82, 2.24) is 5.43 Å². The van der Waals surface area contributed by atoms with Gasteiger partial charge in [-0.2, -0.15) is 5.10 Å². The topological polar surface area (TPSA) is 122 Å². The molecule has 1 N–H and O–H groups in total. The zero-order valence-corrected chi connectivity index (χ0v) is 17.7. The number of ketones is 1. The Bertz CT molecular complexity index is 1280. The molecule has 5 rings (SSSR count). The maximum atomic E-state index is 13.8. The number of fused-ring (bicyclic) bond motifs is 1. The molecule has 0 radical (unpaired) electrons. The second kappa shape index (κ2) is 8.36. The van der Waals surface area contributed by atoms with E-state index in [1.165, 1.54) is 24.3 Å². The van der Waals surface area contributed by atoms with Gasteiger partial charge in [0.05, 0.1) is 16.5 Å². The largest absolute Gasteiger partial charge is 0.296 e. The summed E-state index contributed by atoms with van der Waals surface area (Å²) >= 11 is 0. The molecule has 1 saturated heterocycles. The molecular weight excluding hydrogens is 436 g/mol. The van der Waals surface area contributed by atoms with Gasteiger partial charge in [0.2, 0.25) is 5.91 Å². The van der Waals surface area contributed by atoms with Crippen LogP contribution in [0.15, 0.2) is 90.0 Å². The van der Waals surface area contributed by atoms with Gasteiger partial charge in [0, 0.05) is 12.1 Å². The Morgan fingerprint density at radius 1 is 0.882 bits per heavy atom. The van der Waals surface area contributed by atoms with Gasteiger partial charge in [-0.05, 0) is 23.3 Å². The number of nitro benzene ring substituents is 1. The van der Waals surface area contributed by atoms with Crippen LogP contribution in [0.2, 0.25) is 0 Å². The third-order valence-electron chi connectivity index (χ3n) is 6.02. The number of hydrogen-bond donors (Lipinski definition) is 1. The Morgan fingerprint density at radius 2 is 1.44 bits per heavy atom. The summed E-state index contributed by atoms with van der Waals surface area (Å²) in [6.45, 7) is 0. The first-order valence-corrected chi connectivity index (χ1v) is 10.6. The van der Waals surface area contributed by atoms with Gasteiger partial charge in [-0.25, -0.2) is 4.90 Å². The van der Waals surface area contributed by atoms with Crippen LogP contribution in [0.25, 0.3) is 0 Å². The van der Waals surface area contributed by atoms with Crippen molar-refractivity contribution in [3.63, 3.8) is 0 Å². The number of anilines is 1. The van der Waals surface area contributed by atoms with Crippen LogP contribution in [0.1, 0.15) is 17.0 Å². The van der Waals surface area contributed by atoms with Crippen LogP contribution in [0.3, 0.4) is 0 Å². The van der Waals surface area contributed by atoms with Gasteiger partial charge in [-0.1, -0.05) is 60.7 Å². The lowest BCUT2D eigenvalue weighted by molar-refractivity contribution is -0.384. The smallest absolute Gasteiger partial charge is 0.269 e. The lowest BCUT2D eigenvalue weighted by Gasteiger charge is -2.19. The van der Waals surface area contributed by atoms with Crippen molar-refractivity contribution < 1.29 is 19.3 Å². The maximum absolute atomic E-state index is 13.8. The summed E-state index contributed by atoms with van der Waals surface area (Å²) in [6.07, 6.45) is 0. The zero-order chi connectivity index (χ0) is 23.8. The summed E-state index contributed by atoms with van der Waals surface area (Å²) in [5, 5.41) is 15.1. The number of benzene rings is 3. The molecule has 168 valence electrons. The van der Waals surface area contributed by atoms with E-state index in [1.54, 1.807) is 0 Å². The van der Waals surface area contributed by atoms with Gasteiger partial charge in [-0.3, -0.25) is 29.9 Å². The minimum Gasteiger partial charge on any atom is -0.296 e. The predicted molar refractivity (Wildman–Crippen MR) is 123 cm³/mol. The molecule has 2 unspecified atom stereocenters. The van der Waals surface area contributed by atoms with Crippen molar-refractivity contribution in [3.05, 3.63) is 106 Å². The summed E-state index contributed by atoms with van der Waals surface area (Å²) in [4.78, 5) is 51.4. The van der Waals surface area contributed by atoms with Crippen molar-refractivity contribution in [2.24, 2.45) is 11.0 Å². The number of nitrogens with one attached hydrogen (secondary N) is 1. The van der Waals surface area contributed by atoms with Crippen LogP contribution in [-0.4, -0.2) is 34.3 Å². The third-order valence-corrected chi connectivity index (χ3v) is 6.02. The molecule has 0 spiro atoms. The van der Waals surface area contributed by atoms with Crippen LogP contribution < -0.4 is 10.3 Å². The molecule has 3 aromatic carbocycles.